The maximum absolute atomic E-state index is 9.75. The molecule has 90 valence electrons. The van der Waals surface area contributed by atoms with Gasteiger partial charge in [-0.25, -0.2) is 4.57 Å². The van der Waals surface area contributed by atoms with E-state index in [1.54, 1.807) is 0 Å². The second-order valence-electron chi connectivity index (χ2n) is 2.66. The van der Waals surface area contributed by atoms with Gasteiger partial charge in [0.1, 0.15) is 0 Å². The summed E-state index contributed by atoms with van der Waals surface area (Å²) in [6, 6.07) is 10.0. The van der Waals surface area contributed by atoms with Crippen molar-refractivity contribution in [3.63, 3.8) is 0 Å². The summed E-state index contributed by atoms with van der Waals surface area (Å²) >= 11 is 0. The summed E-state index contributed by atoms with van der Waals surface area (Å²) in [5, 5.41) is 7.96. The summed E-state index contributed by atoms with van der Waals surface area (Å²) in [5.74, 6) is 0. The fourth-order valence-corrected chi connectivity index (χ4v) is 1.07. The van der Waals surface area contributed by atoms with Gasteiger partial charge in [-0.2, -0.15) is 0 Å². The largest absolute Gasteiger partial charge is 0.469 e. The third kappa shape index (κ3) is 9.58. The zero-order valence-electron chi connectivity index (χ0n) is 8.69. The van der Waals surface area contributed by atoms with E-state index in [9.17, 15) is 4.57 Å². The van der Waals surface area contributed by atoms with E-state index >= 15 is 0 Å². The van der Waals surface area contributed by atoms with E-state index in [-0.39, 0.29) is 13.2 Å². The molecular weight excluding hydrogens is 231 g/mol. The van der Waals surface area contributed by atoms with E-state index in [4.69, 9.17) is 14.9 Å². The van der Waals surface area contributed by atoms with Crippen LogP contribution in [0.25, 0.3) is 6.08 Å². The van der Waals surface area contributed by atoms with Gasteiger partial charge in [-0.3, -0.25) is 4.52 Å². The molecule has 0 radical (unpaired) electrons. The van der Waals surface area contributed by atoms with Crippen LogP contribution >= 0.6 is 7.82 Å². The second-order valence-corrected chi connectivity index (χ2v) is 3.90. The molecule has 1 aromatic rings. The maximum Gasteiger partial charge on any atom is 0.469 e. The van der Waals surface area contributed by atoms with Crippen molar-refractivity contribution in [1.29, 1.82) is 0 Å². The van der Waals surface area contributed by atoms with Crippen molar-refractivity contribution < 1.29 is 24.0 Å². The van der Waals surface area contributed by atoms with Gasteiger partial charge in [0.2, 0.25) is 0 Å². The van der Waals surface area contributed by atoms with Gasteiger partial charge in [0.05, 0.1) is 13.2 Å². The molecule has 1 rings (SSSR count). The van der Waals surface area contributed by atoms with Gasteiger partial charge in [-0.05, 0) is 5.56 Å². The Labute approximate surface area is 94.3 Å². The molecule has 0 aliphatic carbocycles. The van der Waals surface area contributed by atoms with Crippen molar-refractivity contribution in [2.24, 2.45) is 0 Å². The van der Waals surface area contributed by atoms with E-state index in [0.29, 0.717) is 0 Å². The molecule has 0 saturated carbocycles. The van der Waals surface area contributed by atoms with E-state index in [1.165, 1.54) is 5.56 Å². The van der Waals surface area contributed by atoms with Crippen LogP contribution in [0.15, 0.2) is 36.9 Å². The number of phosphoric acid groups is 1. The van der Waals surface area contributed by atoms with Crippen LogP contribution in [0.4, 0.5) is 0 Å². The van der Waals surface area contributed by atoms with Crippen molar-refractivity contribution in [2.75, 3.05) is 13.2 Å². The molecule has 0 fully saturated rings. The molecular formula is C10H15O5P. The highest BCUT2D eigenvalue weighted by Crippen LogP contribution is 2.34. The number of hydrogen-bond acceptors (Lipinski definition) is 3. The van der Waals surface area contributed by atoms with E-state index in [0.717, 1.165) is 0 Å². The van der Waals surface area contributed by atoms with Crippen molar-refractivity contribution in [2.45, 2.75) is 0 Å². The minimum atomic E-state index is -4.34. The van der Waals surface area contributed by atoms with Crippen LogP contribution in [0.1, 0.15) is 5.56 Å². The molecule has 0 amide bonds. The van der Waals surface area contributed by atoms with Crippen LogP contribution < -0.4 is 0 Å². The molecule has 0 saturated heterocycles. The number of phosphoric ester groups is 1. The Morgan fingerprint density at radius 2 is 1.88 bits per heavy atom. The summed E-state index contributed by atoms with van der Waals surface area (Å²) in [5.41, 5.74) is 1.17. The third-order valence-corrected chi connectivity index (χ3v) is 1.90. The lowest BCUT2D eigenvalue weighted by atomic mass is 10.2. The SMILES string of the molecule is C=Cc1ccccc1.O=P(O)(O)OCCO. The Bertz CT molecular complexity index is 332. The zero-order chi connectivity index (χ0) is 12.4. The average Bonchev–Trinajstić information content (AvgIpc) is 2.27. The predicted octanol–water partition coefficient (Wildman–Crippen LogP) is 1.42. The molecule has 0 unspecified atom stereocenters. The lowest BCUT2D eigenvalue weighted by Crippen LogP contribution is -1.95. The van der Waals surface area contributed by atoms with Crippen LogP contribution in [0.2, 0.25) is 0 Å². The quantitative estimate of drug-likeness (QED) is 0.699. The van der Waals surface area contributed by atoms with E-state index < -0.39 is 7.82 Å². The van der Waals surface area contributed by atoms with Gasteiger partial charge in [0.25, 0.3) is 0 Å². The highest BCUT2D eigenvalue weighted by molar-refractivity contribution is 7.46. The Morgan fingerprint density at radius 1 is 1.31 bits per heavy atom. The summed E-state index contributed by atoms with van der Waals surface area (Å²) in [4.78, 5) is 15.9. The van der Waals surface area contributed by atoms with Crippen LogP contribution in [-0.2, 0) is 9.09 Å². The fourth-order valence-electron chi connectivity index (χ4n) is 0.749. The van der Waals surface area contributed by atoms with E-state index in [2.05, 4.69) is 11.1 Å². The van der Waals surface area contributed by atoms with Gasteiger partial charge in [0, 0.05) is 0 Å². The standard InChI is InChI=1S/C8H8.C2H7O5P/c1-2-8-6-4-3-5-7-8;3-1-2-7-8(4,5)6/h2-7H,1H2;3H,1-2H2,(H2,4,5,6). The number of aliphatic hydroxyl groups excluding tert-OH is 1. The van der Waals surface area contributed by atoms with Gasteiger partial charge < -0.3 is 14.9 Å². The molecule has 0 aliphatic rings. The fraction of sp³-hybridized carbons (Fsp3) is 0.200. The van der Waals surface area contributed by atoms with Crippen molar-refractivity contribution in [1.82, 2.24) is 0 Å². The summed E-state index contributed by atoms with van der Waals surface area (Å²) in [6.45, 7) is 2.92. The lowest BCUT2D eigenvalue weighted by Gasteiger charge is -2.00. The van der Waals surface area contributed by atoms with Gasteiger partial charge in [0.15, 0.2) is 0 Å². The minimum Gasteiger partial charge on any atom is -0.394 e. The molecule has 1 aromatic carbocycles. The van der Waals surface area contributed by atoms with E-state index in [1.807, 2.05) is 36.4 Å². The molecule has 6 heteroatoms. The van der Waals surface area contributed by atoms with Crippen LogP contribution in [0.5, 0.6) is 0 Å². The molecule has 3 N–H and O–H groups in total. The molecule has 0 aromatic heterocycles. The van der Waals surface area contributed by atoms with Crippen LogP contribution in [-0.4, -0.2) is 28.1 Å². The Hall–Kier alpha value is -0.970. The lowest BCUT2D eigenvalue weighted by molar-refractivity contribution is 0.151. The summed E-state index contributed by atoms with van der Waals surface area (Å²) < 4.78 is 13.5. The van der Waals surface area contributed by atoms with Crippen molar-refractivity contribution in [3.05, 3.63) is 42.5 Å². The number of hydrogen-bond donors (Lipinski definition) is 3. The zero-order valence-corrected chi connectivity index (χ0v) is 9.59. The first kappa shape index (κ1) is 15.0. The smallest absolute Gasteiger partial charge is 0.394 e. The van der Waals surface area contributed by atoms with Crippen molar-refractivity contribution in [3.8, 4) is 0 Å². The first-order valence-corrected chi connectivity index (χ1v) is 6.01. The maximum atomic E-state index is 9.75. The molecule has 0 spiro atoms. The Balaban J connectivity index is 0.000000281. The third-order valence-electron chi connectivity index (χ3n) is 1.39. The minimum absolute atomic E-state index is 0.329. The van der Waals surface area contributed by atoms with Crippen LogP contribution in [0.3, 0.4) is 0 Å². The van der Waals surface area contributed by atoms with Crippen molar-refractivity contribution >= 4 is 13.9 Å². The number of rotatable bonds is 4. The highest BCUT2D eigenvalue weighted by Gasteiger charge is 2.11. The average molecular weight is 246 g/mol. The molecule has 5 nitrogen and oxygen atoms in total. The highest BCUT2D eigenvalue weighted by atomic mass is 31.2. The van der Waals surface area contributed by atoms with Gasteiger partial charge in [-0.15, -0.1) is 0 Å². The summed E-state index contributed by atoms with van der Waals surface area (Å²) in [6.07, 6.45) is 1.83. The first-order chi connectivity index (χ1) is 7.49. The molecule has 0 aliphatic heterocycles. The monoisotopic (exact) mass is 246 g/mol. The van der Waals surface area contributed by atoms with Gasteiger partial charge in [-0.1, -0.05) is 43.0 Å². The normalized spacial score (nSPS) is 10.2. The number of benzene rings is 1. The number of aliphatic hydroxyl groups is 1. The van der Waals surface area contributed by atoms with Crippen LogP contribution in [0, 0.1) is 0 Å². The topological polar surface area (TPSA) is 87.0 Å². The molecule has 16 heavy (non-hydrogen) atoms. The first-order valence-electron chi connectivity index (χ1n) is 4.48. The predicted molar refractivity (Wildman–Crippen MR) is 61.6 cm³/mol. The molecule has 0 heterocycles. The summed E-state index contributed by atoms with van der Waals surface area (Å²) in [7, 11) is -4.34. The Morgan fingerprint density at radius 3 is 2.12 bits per heavy atom. The molecule has 0 bridgehead atoms. The Kier molecular flexibility index (Phi) is 7.72. The second kappa shape index (κ2) is 8.21. The van der Waals surface area contributed by atoms with Gasteiger partial charge >= 0.3 is 7.82 Å². The molecule has 0 atom stereocenters.